The van der Waals surface area contributed by atoms with Crippen molar-refractivity contribution < 1.29 is 4.57 Å². The Hall–Kier alpha value is -1.34. The number of benzene rings is 1. The number of hydrogen-bond acceptors (Lipinski definition) is 0. The van der Waals surface area contributed by atoms with Gasteiger partial charge in [-0.05, 0) is 18.6 Å². The smallest absolute Gasteiger partial charge is 0.201 e. The summed E-state index contributed by atoms with van der Waals surface area (Å²) in [4.78, 5) is 0. The van der Waals surface area contributed by atoms with Crippen LogP contribution in [0.5, 0.6) is 0 Å². The fourth-order valence-corrected chi connectivity index (χ4v) is 1.83. The molecule has 1 aromatic heterocycles. The quantitative estimate of drug-likeness (QED) is 0.648. The molecule has 0 unspecified atom stereocenters. The number of pyridine rings is 1. The lowest BCUT2D eigenvalue weighted by Crippen LogP contribution is -2.30. The Morgan fingerprint density at radius 2 is 1.87 bits per heavy atom. The van der Waals surface area contributed by atoms with E-state index < -0.39 is 0 Å². The predicted molar refractivity (Wildman–Crippen MR) is 62.8 cm³/mol. The molecule has 0 aliphatic carbocycles. The van der Waals surface area contributed by atoms with Crippen molar-refractivity contribution in [2.45, 2.75) is 6.92 Å². The highest BCUT2D eigenvalue weighted by Crippen LogP contribution is 2.21. The summed E-state index contributed by atoms with van der Waals surface area (Å²) in [6.45, 7) is 2.11. The third kappa shape index (κ3) is 2.02. The maximum absolute atomic E-state index is 6.01. The van der Waals surface area contributed by atoms with E-state index in [0.29, 0.717) is 0 Å². The fourth-order valence-electron chi connectivity index (χ4n) is 1.67. The summed E-state index contributed by atoms with van der Waals surface area (Å²) >= 11 is 6.01. The van der Waals surface area contributed by atoms with Crippen LogP contribution in [0, 0.1) is 6.92 Å². The first-order chi connectivity index (χ1) is 7.18. The van der Waals surface area contributed by atoms with Crippen LogP contribution in [0.1, 0.15) is 5.56 Å². The highest BCUT2D eigenvalue weighted by Gasteiger charge is 2.11. The first-order valence-electron chi connectivity index (χ1n) is 4.89. The number of nitrogens with zero attached hydrogens (tertiary/aromatic N) is 1. The normalized spacial score (nSPS) is 10.3. The van der Waals surface area contributed by atoms with E-state index in [2.05, 4.69) is 23.6 Å². The molecule has 0 bridgehead atoms. The Morgan fingerprint density at radius 3 is 2.60 bits per heavy atom. The zero-order valence-corrected chi connectivity index (χ0v) is 9.62. The highest BCUT2D eigenvalue weighted by molar-refractivity contribution is 6.30. The molecule has 0 aliphatic heterocycles. The van der Waals surface area contributed by atoms with Crippen molar-refractivity contribution in [3.8, 4) is 11.3 Å². The van der Waals surface area contributed by atoms with Gasteiger partial charge in [0.1, 0.15) is 7.05 Å². The second-order valence-electron chi connectivity index (χ2n) is 3.66. The van der Waals surface area contributed by atoms with Gasteiger partial charge in [0.2, 0.25) is 5.69 Å². The summed E-state index contributed by atoms with van der Waals surface area (Å²) < 4.78 is 2.08. The van der Waals surface area contributed by atoms with Gasteiger partial charge in [-0.25, -0.2) is 4.57 Å². The molecule has 0 N–H and O–H groups in total. The van der Waals surface area contributed by atoms with Gasteiger partial charge in [-0.2, -0.15) is 0 Å². The van der Waals surface area contributed by atoms with Crippen molar-refractivity contribution in [1.29, 1.82) is 0 Å². The van der Waals surface area contributed by atoms with E-state index in [1.807, 2.05) is 37.5 Å². The molecule has 0 radical (unpaired) electrons. The topological polar surface area (TPSA) is 3.88 Å². The maximum Gasteiger partial charge on any atom is 0.214 e. The van der Waals surface area contributed by atoms with Gasteiger partial charge in [-0.3, -0.25) is 0 Å². The lowest BCUT2D eigenvalue weighted by molar-refractivity contribution is -0.660. The van der Waals surface area contributed by atoms with Crippen LogP contribution >= 0.6 is 11.6 Å². The lowest BCUT2D eigenvalue weighted by Gasteiger charge is -2.03. The SMILES string of the molecule is Cc1ccccc1-c1cc(Cl)cc[n+]1C. The van der Waals surface area contributed by atoms with E-state index in [0.717, 1.165) is 10.7 Å². The zero-order valence-electron chi connectivity index (χ0n) is 8.87. The van der Waals surface area contributed by atoms with Crippen LogP contribution in [0.4, 0.5) is 0 Å². The lowest BCUT2D eigenvalue weighted by atomic mass is 10.1. The van der Waals surface area contributed by atoms with Crippen molar-refractivity contribution in [3.63, 3.8) is 0 Å². The molecule has 1 nitrogen and oxygen atoms in total. The minimum Gasteiger partial charge on any atom is -0.201 e. The largest absolute Gasteiger partial charge is 0.214 e. The average molecular weight is 219 g/mol. The molecule has 1 aromatic carbocycles. The fraction of sp³-hybridized carbons (Fsp3) is 0.154. The summed E-state index contributed by atoms with van der Waals surface area (Å²) in [5.41, 5.74) is 3.62. The van der Waals surface area contributed by atoms with Crippen molar-refractivity contribution in [2.75, 3.05) is 0 Å². The van der Waals surface area contributed by atoms with Crippen molar-refractivity contribution in [1.82, 2.24) is 0 Å². The van der Waals surface area contributed by atoms with E-state index in [1.54, 1.807) is 0 Å². The average Bonchev–Trinajstić information content (AvgIpc) is 2.23. The van der Waals surface area contributed by atoms with E-state index in [9.17, 15) is 0 Å². The zero-order chi connectivity index (χ0) is 10.8. The third-order valence-electron chi connectivity index (χ3n) is 2.53. The van der Waals surface area contributed by atoms with Gasteiger partial charge in [0.15, 0.2) is 6.20 Å². The van der Waals surface area contributed by atoms with Gasteiger partial charge >= 0.3 is 0 Å². The number of hydrogen-bond donors (Lipinski definition) is 0. The third-order valence-corrected chi connectivity index (χ3v) is 2.77. The van der Waals surface area contributed by atoms with Gasteiger partial charge in [0.25, 0.3) is 0 Å². The molecule has 0 saturated heterocycles. The Kier molecular flexibility index (Phi) is 2.74. The second kappa shape index (κ2) is 4.03. The minimum absolute atomic E-state index is 0.770. The summed E-state index contributed by atoms with van der Waals surface area (Å²) in [5, 5.41) is 0.770. The summed E-state index contributed by atoms with van der Waals surface area (Å²) in [6.07, 6.45) is 1.98. The molecule has 0 spiro atoms. The Morgan fingerprint density at radius 1 is 1.13 bits per heavy atom. The Balaban J connectivity index is 2.64. The van der Waals surface area contributed by atoms with E-state index in [-0.39, 0.29) is 0 Å². The van der Waals surface area contributed by atoms with Crippen LogP contribution in [0.25, 0.3) is 11.3 Å². The Bertz CT molecular complexity index is 492. The minimum atomic E-state index is 0.770. The van der Waals surface area contributed by atoms with Crippen LogP contribution in [-0.2, 0) is 7.05 Å². The van der Waals surface area contributed by atoms with Gasteiger partial charge in [0, 0.05) is 17.7 Å². The summed E-state index contributed by atoms with van der Waals surface area (Å²) in [7, 11) is 2.03. The number of aryl methyl sites for hydroxylation is 2. The molecule has 15 heavy (non-hydrogen) atoms. The molecule has 0 atom stereocenters. The molecule has 0 amide bonds. The molecular formula is C13H13ClN+. The molecule has 2 aromatic rings. The van der Waals surface area contributed by atoms with Gasteiger partial charge in [-0.15, -0.1) is 0 Å². The van der Waals surface area contributed by atoms with E-state index >= 15 is 0 Å². The summed E-state index contributed by atoms with van der Waals surface area (Å²) in [6, 6.07) is 12.2. The first-order valence-corrected chi connectivity index (χ1v) is 5.27. The molecule has 76 valence electrons. The van der Waals surface area contributed by atoms with E-state index in [4.69, 9.17) is 11.6 Å². The predicted octanol–water partition coefficient (Wildman–Crippen LogP) is 3.14. The van der Waals surface area contributed by atoms with Crippen molar-refractivity contribution >= 4 is 11.6 Å². The van der Waals surface area contributed by atoms with Crippen LogP contribution in [0.15, 0.2) is 42.6 Å². The van der Waals surface area contributed by atoms with Crippen LogP contribution in [-0.4, -0.2) is 0 Å². The van der Waals surface area contributed by atoms with Crippen LogP contribution in [0.2, 0.25) is 5.02 Å². The Labute approximate surface area is 95.0 Å². The van der Waals surface area contributed by atoms with Crippen molar-refractivity contribution in [2.24, 2.45) is 7.05 Å². The second-order valence-corrected chi connectivity index (χ2v) is 4.09. The molecular weight excluding hydrogens is 206 g/mol. The van der Waals surface area contributed by atoms with Crippen molar-refractivity contribution in [3.05, 3.63) is 53.2 Å². The molecule has 2 rings (SSSR count). The number of aromatic nitrogens is 1. The van der Waals surface area contributed by atoms with Crippen LogP contribution < -0.4 is 4.57 Å². The highest BCUT2D eigenvalue weighted by atomic mass is 35.5. The standard InChI is InChI=1S/C13H13ClN/c1-10-5-3-4-6-12(10)13-9-11(14)7-8-15(13)2/h3-9H,1-2H3/q+1. The van der Waals surface area contributed by atoms with Gasteiger partial charge in [0.05, 0.1) is 5.02 Å². The molecule has 0 fully saturated rings. The summed E-state index contributed by atoms with van der Waals surface area (Å²) in [5.74, 6) is 0. The molecule has 0 saturated carbocycles. The first kappa shape index (κ1) is 10.2. The number of rotatable bonds is 1. The van der Waals surface area contributed by atoms with E-state index in [1.165, 1.54) is 11.1 Å². The molecule has 0 aliphatic rings. The number of halogens is 1. The van der Waals surface area contributed by atoms with Crippen LogP contribution in [0.3, 0.4) is 0 Å². The maximum atomic E-state index is 6.01. The van der Waals surface area contributed by atoms with Gasteiger partial charge < -0.3 is 0 Å². The van der Waals surface area contributed by atoms with Gasteiger partial charge in [-0.1, -0.05) is 29.8 Å². The molecule has 1 heterocycles. The monoisotopic (exact) mass is 218 g/mol. The molecule has 2 heteroatoms.